The molecule has 0 spiro atoms. The number of rotatable bonds is 6. The summed E-state index contributed by atoms with van der Waals surface area (Å²) in [4.78, 5) is 0. The average Bonchev–Trinajstić information content (AvgIpc) is 2.27. The summed E-state index contributed by atoms with van der Waals surface area (Å²) >= 11 is 0. The fraction of sp³-hybridized carbons (Fsp3) is 0.333. The highest BCUT2D eigenvalue weighted by Gasteiger charge is 2.11. The van der Waals surface area contributed by atoms with Crippen LogP contribution in [0.2, 0.25) is 0 Å². The Bertz CT molecular complexity index is 432. The first kappa shape index (κ1) is 12.8. The Morgan fingerprint density at radius 1 is 1.31 bits per heavy atom. The lowest BCUT2D eigenvalue weighted by Gasteiger charge is -2.06. The fourth-order valence-electron chi connectivity index (χ4n) is 1.17. The van der Waals surface area contributed by atoms with E-state index in [-0.39, 0.29) is 5.75 Å². The molecular weight excluding hydrogens is 224 g/mol. The lowest BCUT2D eigenvalue weighted by atomic mass is 10.2. The number of unbranched alkanes of at least 4 members (excludes halogenated alkanes) is 1. The molecule has 0 bridgehead atoms. The topological polar surface area (TPSA) is 43.4 Å². The Labute approximate surface area is 96.9 Å². The van der Waals surface area contributed by atoms with E-state index in [0.717, 1.165) is 12.0 Å². The van der Waals surface area contributed by atoms with Gasteiger partial charge >= 0.3 is 10.1 Å². The molecule has 0 fully saturated rings. The quantitative estimate of drug-likeness (QED) is 0.718. The molecule has 4 heteroatoms. The van der Waals surface area contributed by atoms with E-state index >= 15 is 0 Å². The van der Waals surface area contributed by atoms with Gasteiger partial charge in [0.1, 0.15) is 5.75 Å². The standard InChI is InChI=1S/C12H16O3S/c1-3-5-10-16(13,14)15-12-8-6-11(4-2)7-9-12/h4,6-9H,2-3,5,10H2,1H3. The van der Waals surface area contributed by atoms with Crippen LogP contribution in [0.5, 0.6) is 5.75 Å². The Hall–Kier alpha value is -1.29. The van der Waals surface area contributed by atoms with Crippen LogP contribution in [0.15, 0.2) is 30.8 Å². The zero-order chi connectivity index (χ0) is 12.0. The van der Waals surface area contributed by atoms with E-state index in [0.29, 0.717) is 12.2 Å². The Kier molecular flexibility index (Phi) is 4.55. The summed E-state index contributed by atoms with van der Waals surface area (Å²) in [7, 11) is -3.44. The van der Waals surface area contributed by atoms with E-state index in [1.165, 1.54) is 0 Å². The smallest absolute Gasteiger partial charge is 0.309 e. The van der Waals surface area contributed by atoms with Gasteiger partial charge in [0.15, 0.2) is 0 Å². The summed E-state index contributed by atoms with van der Waals surface area (Å²) in [6, 6.07) is 6.77. The molecule has 1 rings (SSSR count). The van der Waals surface area contributed by atoms with Gasteiger partial charge in [-0.15, -0.1) is 0 Å². The van der Waals surface area contributed by atoms with Crippen LogP contribution in [-0.2, 0) is 10.1 Å². The van der Waals surface area contributed by atoms with Crippen LogP contribution in [0.4, 0.5) is 0 Å². The maximum Gasteiger partial charge on any atom is 0.309 e. The maximum absolute atomic E-state index is 11.5. The number of hydrogen-bond donors (Lipinski definition) is 0. The molecule has 3 nitrogen and oxygen atoms in total. The third kappa shape index (κ3) is 4.06. The van der Waals surface area contributed by atoms with Crippen LogP contribution in [0, 0.1) is 0 Å². The SMILES string of the molecule is C=Cc1ccc(OS(=O)(=O)CCCC)cc1. The van der Waals surface area contributed by atoms with Crippen molar-refractivity contribution >= 4 is 16.2 Å². The second-order valence-corrected chi connectivity index (χ2v) is 5.16. The van der Waals surface area contributed by atoms with Gasteiger partial charge in [-0.1, -0.05) is 38.1 Å². The fourth-order valence-corrected chi connectivity index (χ4v) is 2.30. The van der Waals surface area contributed by atoms with Gasteiger partial charge in [0, 0.05) is 0 Å². The van der Waals surface area contributed by atoms with Gasteiger partial charge in [0.2, 0.25) is 0 Å². The summed E-state index contributed by atoms with van der Waals surface area (Å²) in [5.74, 6) is 0.411. The van der Waals surface area contributed by atoms with Crippen molar-refractivity contribution in [1.82, 2.24) is 0 Å². The molecule has 88 valence electrons. The third-order valence-corrected chi connectivity index (χ3v) is 3.32. The second-order valence-electron chi connectivity index (χ2n) is 3.47. The molecule has 0 aliphatic rings. The first-order valence-corrected chi connectivity index (χ1v) is 6.80. The molecule has 16 heavy (non-hydrogen) atoms. The van der Waals surface area contributed by atoms with Gasteiger partial charge in [-0.2, -0.15) is 8.42 Å². The Balaban J connectivity index is 2.68. The summed E-state index contributed by atoms with van der Waals surface area (Å²) in [6.45, 7) is 5.56. The van der Waals surface area contributed by atoms with Gasteiger partial charge < -0.3 is 4.18 Å². The predicted molar refractivity (Wildman–Crippen MR) is 65.9 cm³/mol. The zero-order valence-electron chi connectivity index (χ0n) is 9.35. The molecule has 0 saturated carbocycles. The number of hydrogen-bond acceptors (Lipinski definition) is 3. The van der Waals surface area contributed by atoms with Gasteiger partial charge in [-0.05, 0) is 24.1 Å². The first-order valence-electron chi connectivity index (χ1n) is 5.22. The van der Waals surface area contributed by atoms with Crippen LogP contribution < -0.4 is 4.18 Å². The third-order valence-electron chi connectivity index (χ3n) is 2.09. The van der Waals surface area contributed by atoms with E-state index in [2.05, 4.69) is 6.58 Å². The average molecular weight is 240 g/mol. The van der Waals surface area contributed by atoms with Gasteiger partial charge in [0.25, 0.3) is 0 Å². The van der Waals surface area contributed by atoms with Crippen molar-refractivity contribution in [3.8, 4) is 5.75 Å². The monoisotopic (exact) mass is 240 g/mol. The second kappa shape index (κ2) is 5.70. The van der Waals surface area contributed by atoms with Crippen molar-refractivity contribution in [1.29, 1.82) is 0 Å². The van der Waals surface area contributed by atoms with E-state index in [4.69, 9.17) is 4.18 Å². The molecule has 1 aromatic carbocycles. The van der Waals surface area contributed by atoms with Crippen molar-refractivity contribution in [3.05, 3.63) is 36.4 Å². The molecular formula is C12H16O3S. The van der Waals surface area contributed by atoms with Gasteiger partial charge in [0.05, 0.1) is 5.75 Å². The largest absolute Gasteiger partial charge is 0.382 e. The molecule has 0 aliphatic heterocycles. The van der Waals surface area contributed by atoms with Crippen molar-refractivity contribution in [2.24, 2.45) is 0 Å². The molecule has 0 radical (unpaired) electrons. The van der Waals surface area contributed by atoms with Crippen LogP contribution in [0.3, 0.4) is 0 Å². The summed E-state index contributed by atoms with van der Waals surface area (Å²) in [5, 5.41) is 0. The molecule has 0 amide bonds. The van der Waals surface area contributed by atoms with Crippen molar-refractivity contribution < 1.29 is 12.6 Å². The molecule has 0 saturated heterocycles. The maximum atomic E-state index is 11.5. The highest BCUT2D eigenvalue weighted by atomic mass is 32.2. The van der Waals surface area contributed by atoms with E-state index in [9.17, 15) is 8.42 Å². The summed E-state index contributed by atoms with van der Waals surface area (Å²) in [6.07, 6.45) is 3.14. The van der Waals surface area contributed by atoms with Gasteiger partial charge in [-0.3, -0.25) is 0 Å². The highest BCUT2D eigenvalue weighted by Crippen LogP contribution is 2.15. The summed E-state index contributed by atoms with van der Waals surface area (Å²) < 4.78 is 27.9. The molecule has 0 heterocycles. The van der Waals surface area contributed by atoms with Crippen LogP contribution in [0.25, 0.3) is 6.08 Å². The molecule has 0 N–H and O–H groups in total. The van der Waals surface area contributed by atoms with Crippen molar-refractivity contribution in [2.75, 3.05) is 5.75 Å². The van der Waals surface area contributed by atoms with E-state index in [1.54, 1.807) is 30.3 Å². The highest BCUT2D eigenvalue weighted by molar-refractivity contribution is 7.87. The van der Waals surface area contributed by atoms with E-state index in [1.807, 2.05) is 6.92 Å². The number of benzene rings is 1. The molecule has 0 unspecified atom stereocenters. The van der Waals surface area contributed by atoms with Crippen LogP contribution in [0.1, 0.15) is 25.3 Å². The molecule has 1 aromatic rings. The van der Waals surface area contributed by atoms with Gasteiger partial charge in [-0.25, -0.2) is 0 Å². The van der Waals surface area contributed by atoms with Crippen molar-refractivity contribution in [2.45, 2.75) is 19.8 Å². The Morgan fingerprint density at radius 3 is 2.44 bits per heavy atom. The minimum Gasteiger partial charge on any atom is -0.382 e. The van der Waals surface area contributed by atoms with Crippen LogP contribution >= 0.6 is 0 Å². The molecule has 0 aliphatic carbocycles. The lowest BCUT2D eigenvalue weighted by Crippen LogP contribution is -2.13. The minimum atomic E-state index is -3.44. The van der Waals surface area contributed by atoms with Crippen molar-refractivity contribution in [3.63, 3.8) is 0 Å². The van der Waals surface area contributed by atoms with Crippen LogP contribution in [-0.4, -0.2) is 14.2 Å². The predicted octanol–water partition coefficient (Wildman–Crippen LogP) is 2.84. The normalized spacial score (nSPS) is 11.1. The van der Waals surface area contributed by atoms with E-state index < -0.39 is 10.1 Å². The minimum absolute atomic E-state index is 0.0622. The first-order chi connectivity index (χ1) is 7.57. The molecule has 0 atom stereocenters. The Morgan fingerprint density at radius 2 is 1.94 bits per heavy atom. The summed E-state index contributed by atoms with van der Waals surface area (Å²) in [5.41, 5.74) is 0.929. The molecule has 0 aromatic heterocycles. The lowest BCUT2D eigenvalue weighted by molar-refractivity contribution is 0.483. The zero-order valence-corrected chi connectivity index (χ0v) is 10.2.